The van der Waals surface area contributed by atoms with Crippen LogP contribution < -0.4 is 15.0 Å². The molecule has 1 aliphatic heterocycles. The number of ether oxygens (including phenoxy) is 1. The summed E-state index contributed by atoms with van der Waals surface area (Å²) in [5.41, 5.74) is 2.75. The van der Waals surface area contributed by atoms with Crippen molar-refractivity contribution in [3.05, 3.63) is 48.0 Å². The van der Waals surface area contributed by atoms with E-state index in [1.165, 1.54) is 11.3 Å². The lowest BCUT2D eigenvalue weighted by Crippen LogP contribution is -2.28. The Labute approximate surface area is 160 Å². The van der Waals surface area contributed by atoms with Gasteiger partial charge in [0.1, 0.15) is 5.75 Å². The summed E-state index contributed by atoms with van der Waals surface area (Å²) < 4.78 is 6.18. The Bertz CT molecular complexity index is 1010. The van der Waals surface area contributed by atoms with E-state index in [9.17, 15) is 9.59 Å². The smallest absolute Gasteiger partial charge is 0.231 e. The van der Waals surface area contributed by atoms with E-state index in [4.69, 9.17) is 4.74 Å². The average molecular weight is 381 g/mol. The molecule has 1 atom stereocenters. The van der Waals surface area contributed by atoms with Crippen LogP contribution in [0.25, 0.3) is 10.2 Å². The number of anilines is 2. The summed E-state index contributed by atoms with van der Waals surface area (Å²) in [7, 11) is 1.60. The van der Waals surface area contributed by atoms with Gasteiger partial charge in [0, 0.05) is 18.7 Å². The summed E-state index contributed by atoms with van der Waals surface area (Å²) in [6, 6.07) is 13.2. The number of amides is 2. The first-order valence-corrected chi connectivity index (χ1v) is 9.48. The van der Waals surface area contributed by atoms with E-state index in [1.54, 1.807) is 24.1 Å². The van der Waals surface area contributed by atoms with Gasteiger partial charge >= 0.3 is 0 Å². The zero-order valence-electron chi connectivity index (χ0n) is 15.1. The van der Waals surface area contributed by atoms with Gasteiger partial charge in [0.2, 0.25) is 11.8 Å². The van der Waals surface area contributed by atoms with Crippen molar-refractivity contribution < 1.29 is 14.3 Å². The summed E-state index contributed by atoms with van der Waals surface area (Å²) >= 11 is 1.45. The van der Waals surface area contributed by atoms with Crippen molar-refractivity contribution in [2.24, 2.45) is 5.92 Å². The van der Waals surface area contributed by atoms with Crippen LogP contribution in [-0.4, -0.2) is 30.5 Å². The van der Waals surface area contributed by atoms with Gasteiger partial charge in [0.15, 0.2) is 5.13 Å². The number of hydrogen-bond acceptors (Lipinski definition) is 5. The minimum atomic E-state index is -0.396. The Morgan fingerprint density at radius 1 is 1.26 bits per heavy atom. The quantitative estimate of drug-likeness (QED) is 0.749. The minimum Gasteiger partial charge on any atom is -0.497 e. The maximum absolute atomic E-state index is 12.7. The molecular weight excluding hydrogens is 362 g/mol. The van der Waals surface area contributed by atoms with Crippen LogP contribution in [0, 0.1) is 12.8 Å². The molecule has 0 aliphatic carbocycles. The maximum Gasteiger partial charge on any atom is 0.231 e. The van der Waals surface area contributed by atoms with Crippen molar-refractivity contribution in [3.63, 3.8) is 0 Å². The fraction of sp³-hybridized carbons (Fsp3) is 0.250. The number of carbonyl (C=O) groups excluding carboxylic acids is 2. The largest absolute Gasteiger partial charge is 0.497 e. The Kier molecular flexibility index (Phi) is 4.53. The lowest BCUT2D eigenvalue weighted by molar-refractivity contribution is -0.122. The molecule has 2 heterocycles. The molecule has 0 radical (unpaired) electrons. The normalized spacial score (nSPS) is 16.7. The Balaban J connectivity index is 1.47. The van der Waals surface area contributed by atoms with Gasteiger partial charge in [0.25, 0.3) is 0 Å². The number of aromatic nitrogens is 1. The molecule has 0 unspecified atom stereocenters. The monoisotopic (exact) mass is 381 g/mol. The van der Waals surface area contributed by atoms with Crippen LogP contribution in [0.4, 0.5) is 10.8 Å². The molecule has 0 bridgehead atoms. The number of para-hydroxylation sites is 1. The topological polar surface area (TPSA) is 71.5 Å². The van der Waals surface area contributed by atoms with E-state index in [1.807, 2.05) is 37.3 Å². The van der Waals surface area contributed by atoms with Crippen molar-refractivity contribution in [2.45, 2.75) is 13.3 Å². The van der Waals surface area contributed by atoms with Crippen LogP contribution in [0.5, 0.6) is 5.75 Å². The number of nitrogens with one attached hydrogen (secondary N) is 1. The number of aryl methyl sites for hydroxylation is 1. The van der Waals surface area contributed by atoms with Gasteiger partial charge in [-0.1, -0.05) is 23.5 Å². The first kappa shape index (κ1) is 17.5. The number of benzene rings is 2. The van der Waals surface area contributed by atoms with Gasteiger partial charge in [-0.3, -0.25) is 9.59 Å². The van der Waals surface area contributed by atoms with Gasteiger partial charge in [-0.05, 0) is 42.8 Å². The Morgan fingerprint density at radius 3 is 2.74 bits per heavy atom. The lowest BCUT2D eigenvalue weighted by atomic mass is 10.1. The Morgan fingerprint density at radius 2 is 2.04 bits per heavy atom. The fourth-order valence-corrected chi connectivity index (χ4v) is 4.19. The number of methoxy groups -OCH3 is 1. The SMILES string of the molecule is COc1ccc(N2C[C@H](C(=O)Nc3nc4c(C)cccc4s3)CC2=O)cc1. The second-order valence-corrected chi connectivity index (χ2v) is 7.56. The lowest BCUT2D eigenvalue weighted by Gasteiger charge is -2.16. The first-order chi connectivity index (χ1) is 13.0. The molecule has 1 aromatic heterocycles. The molecule has 1 N–H and O–H groups in total. The van der Waals surface area contributed by atoms with Gasteiger partial charge < -0.3 is 15.0 Å². The number of thiazole rings is 1. The van der Waals surface area contributed by atoms with Crippen molar-refractivity contribution in [1.82, 2.24) is 4.98 Å². The molecule has 2 aromatic carbocycles. The molecule has 7 heteroatoms. The zero-order valence-corrected chi connectivity index (χ0v) is 15.9. The highest BCUT2D eigenvalue weighted by molar-refractivity contribution is 7.22. The Hall–Kier alpha value is -2.93. The summed E-state index contributed by atoms with van der Waals surface area (Å²) in [6.45, 7) is 2.36. The molecule has 1 saturated heterocycles. The van der Waals surface area contributed by atoms with Gasteiger partial charge in [0.05, 0.1) is 23.2 Å². The van der Waals surface area contributed by atoms with Gasteiger partial charge in [-0.15, -0.1) is 0 Å². The number of fused-ring (bicyclic) bond motifs is 1. The van der Waals surface area contributed by atoms with E-state index in [2.05, 4.69) is 10.3 Å². The maximum atomic E-state index is 12.7. The van der Waals surface area contributed by atoms with Crippen LogP contribution >= 0.6 is 11.3 Å². The van der Waals surface area contributed by atoms with Crippen LogP contribution in [0.2, 0.25) is 0 Å². The summed E-state index contributed by atoms with van der Waals surface area (Å²) in [5, 5.41) is 3.45. The summed E-state index contributed by atoms with van der Waals surface area (Å²) in [4.78, 5) is 31.2. The van der Waals surface area contributed by atoms with Gasteiger partial charge in [-0.2, -0.15) is 0 Å². The highest BCUT2D eigenvalue weighted by Gasteiger charge is 2.35. The molecular formula is C20H19N3O3S. The highest BCUT2D eigenvalue weighted by atomic mass is 32.1. The minimum absolute atomic E-state index is 0.0551. The van der Waals surface area contributed by atoms with Crippen LogP contribution in [0.15, 0.2) is 42.5 Å². The molecule has 138 valence electrons. The van der Waals surface area contributed by atoms with Crippen molar-refractivity contribution in [2.75, 3.05) is 23.9 Å². The number of hydrogen-bond donors (Lipinski definition) is 1. The second-order valence-electron chi connectivity index (χ2n) is 6.53. The molecule has 3 aromatic rings. The second kappa shape index (κ2) is 7.00. The first-order valence-electron chi connectivity index (χ1n) is 8.66. The van der Waals surface area contributed by atoms with E-state index in [0.717, 1.165) is 27.2 Å². The third-order valence-corrected chi connectivity index (χ3v) is 5.67. The van der Waals surface area contributed by atoms with E-state index in [0.29, 0.717) is 11.7 Å². The summed E-state index contributed by atoms with van der Waals surface area (Å²) in [6.07, 6.45) is 0.196. The van der Waals surface area contributed by atoms with Crippen molar-refractivity contribution in [3.8, 4) is 5.75 Å². The van der Waals surface area contributed by atoms with E-state index < -0.39 is 5.92 Å². The molecule has 6 nitrogen and oxygen atoms in total. The molecule has 1 fully saturated rings. The van der Waals surface area contributed by atoms with Gasteiger partial charge in [-0.25, -0.2) is 4.98 Å². The van der Waals surface area contributed by atoms with E-state index in [-0.39, 0.29) is 18.2 Å². The van der Waals surface area contributed by atoms with Crippen LogP contribution in [-0.2, 0) is 9.59 Å². The molecule has 0 spiro atoms. The third-order valence-electron chi connectivity index (χ3n) is 4.73. The zero-order chi connectivity index (χ0) is 19.0. The average Bonchev–Trinajstić information content (AvgIpc) is 3.26. The van der Waals surface area contributed by atoms with Crippen molar-refractivity contribution >= 4 is 44.2 Å². The molecule has 0 saturated carbocycles. The van der Waals surface area contributed by atoms with Crippen LogP contribution in [0.3, 0.4) is 0 Å². The fourth-order valence-electron chi connectivity index (χ4n) is 3.24. The standard InChI is InChI=1S/C20H19N3O3S/c1-12-4-3-5-16-18(12)21-20(27-16)22-19(25)13-10-17(24)23(11-13)14-6-8-15(26-2)9-7-14/h3-9,13H,10-11H2,1-2H3,(H,21,22,25)/t13-/m1/s1. The molecule has 27 heavy (non-hydrogen) atoms. The molecule has 4 rings (SSSR count). The molecule has 2 amide bonds. The predicted octanol–water partition coefficient (Wildman–Crippen LogP) is 3.60. The van der Waals surface area contributed by atoms with E-state index >= 15 is 0 Å². The highest BCUT2D eigenvalue weighted by Crippen LogP contribution is 2.30. The predicted molar refractivity (Wildman–Crippen MR) is 106 cm³/mol. The summed E-state index contributed by atoms with van der Waals surface area (Å²) in [5.74, 6) is 0.107. The van der Waals surface area contributed by atoms with Crippen LogP contribution in [0.1, 0.15) is 12.0 Å². The number of nitrogens with zero attached hydrogens (tertiary/aromatic N) is 2. The number of carbonyl (C=O) groups is 2. The van der Waals surface area contributed by atoms with Crippen molar-refractivity contribution in [1.29, 1.82) is 0 Å². The third kappa shape index (κ3) is 3.38. The number of rotatable bonds is 4. The molecule has 1 aliphatic rings.